The first-order chi connectivity index (χ1) is 14.5. The zero-order chi connectivity index (χ0) is 21.6. The lowest BCUT2D eigenvalue weighted by Crippen LogP contribution is -2.55. The van der Waals surface area contributed by atoms with E-state index in [1.54, 1.807) is 0 Å². The zero-order valence-electron chi connectivity index (χ0n) is 17.1. The summed E-state index contributed by atoms with van der Waals surface area (Å²) >= 11 is 0. The van der Waals surface area contributed by atoms with Gasteiger partial charge in [-0.15, -0.1) is 0 Å². The van der Waals surface area contributed by atoms with E-state index in [0.717, 1.165) is 30.4 Å². The predicted octanol–water partition coefficient (Wildman–Crippen LogP) is 2.72. The number of aliphatic hydroxyl groups excluding tert-OH is 2. The lowest BCUT2D eigenvalue weighted by Gasteiger charge is -2.44. The molecular weight excluding hydrogens is 380 g/mol. The average molecular weight is 411 g/mol. The van der Waals surface area contributed by atoms with Crippen molar-refractivity contribution in [2.24, 2.45) is 11.1 Å². The Morgan fingerprint density at radius 1 is 0.833 bits per heavy atom. The standard InChI is InChI=1S/C24H30N2O4/c25-22(29)24(14-8-3-9-15-24)23(30)26(20(16-27)18-10-4-1-5-11-18)21(17-28)19-12-6-2-7-13-19/h1-2,4-7,10-13,20-21,27-28H,3,8-9,14-17H2,(H2,25,29)/t20-,21-/m0/s1. The number of primary amides is 1. The van der Waals surface area contributed by atoms with Crippen molar-refractivity contribution >= 4 is 11.8 Å². The van der Waals surface area contributed by atoms with Gasteiger partial charge in [0.05, 0.1) is 25.3 Å². The fraction of sp³-hybridized carbons (Fsp3) is 0.417. The largest absolute Gasteiger partial charge is 0.394 e. The fourth-order valence-electron chi connectivity index (χ4n) is 4.53. The van der Waals surface area contributed by atoms with Gasteiger partial charge in [-0.05, 0) is 24.0 Å². The van der Waals surface area contributed by atoms with Crippen LogP contribution < -0.4 is 5.73 Å². The molecule has 0 unspecified atom stereocenters. The minimum Gasteiger partial charge on any atom is -0.394 e. The van der Waals surface area contributed by atoms with E-state index in [1.165, 1.54) is 4.90 Å². The van der Waals surface area contributed by atoms with Gasteiger partial charge in [0.1, 0.15) is 5.41 Å². The minimum atomic E-state index is -1.32. The number of aliphatic hydroxyl groups is 2. The topological polar surface area (TPSA) is 104 Å². The molecule has 0 saturated heterocycles. The van der Waals surface area contributed by atoms with Gasteiger partial charge < -0.3 is 20.8 Å². The third-order valence-electron chi connectivity index (χ3n) is 6.21. The Hall–Kier alpha value is -2.70. The summed E-state index contributed by atoms with van der Waals surface area (Å²) in [5.41, 5.74) is 5.94. The van der Waals surface area contributed by atoms with Crippen LogP contribution in [0.1, 0.15) is 55.3 Å². The van der Waals surface area contributed by atoms with Gasteiger partial charge >= 0.3 is 0 Å². The quantitative estimate of drug-likeness (QED) is 0.582. The van der Waals surface area contributed by atoms with Gasteiger partial charge in [0.2, 0.25) is 11.8 Å². The van der Waals surface area contributed by atoms with E-state index in [0.29, 0.717) is 12.8 Å². The van der Waals surface area contributed by atoms with E-state index in [4.69, 9.17) is 5.73 Å². The molecule has 0 bridgehead atoms. The molecule has 1 saturated carbocycles. The van der Waals surface area contributed by atoms with Crippen molar-refractivity contribution < 1.29 is 19.8 Å². The Bertz CT molecular complexity index is 787. The van der Waals surface area contributed by atoms with Gasteiger partial charge in [-0.2, -0.15) is 0 Å². The number of nitrogens with zero attached hydrogens (tertiary/aromatic N) is 1. The van der Waals surface area contributed by atoms with Crippen molar-refractivity contribution in [2.45, 2.75) is 44.2 Å². The molecule has 1 aliphatic carbocycles. The predicted molar refractivity (Wildman–Crippen MR) is 114 cm³/mol. The summed E-state index contributed by atoms with van der Waals surface area (Å²) in [5.74, 6) is -1.05. The first-order valence-corrected chi connectivity index (χ1v) is 10.5. The second kappa shape index (κ2) is 9.87. The molecule has 2 aromatic rings. The first kappa shape index (κ1) is 22.0. The van der Waals surface area contributed by atoms with Gasteiger partial charge in [0, 0.05) is 0 Å². The molecular formula is C24H30N2O4. The fourth-order valence-corrected chi connectivity index (χ4v) is 4.53. The Morgan fingerprint density at radius 2 is 1.27 bits per heavy atom. The number of rotatable bonds is 8. The van der Waals surface area contributed by atoms with Crippen LogP contribution in [0.25, 0.3) is 0 Å². The maximum atomic E-state index is 14.0. The molecule has 2 atom stereocenters. The molecule has 30 heavy (non-hydrogen) atoms. The number of hydrogen-bond acceptors (Lipinski definition) is 4. The zero-order valence-corrected chi connectivity index (χ0v) is 17.1. The van der Waals surface area contributed by atoms with E-state index in [1.807, 2.05) is 60.7 Å². The van der Waals surface area contributed by atoms with E-state index < -0.39 is 29.3 Å². The summed E-state index contributed by atoms with van der Waals surface area (Å²) in [5, 5.41) is 20.6. The molecule has 0 heterocycles. The van der Waals surface area contributed by atoms with Crippen LogP contribution in [0.15, 0.2) is 60.7 Å². The summed E-state index contributed by atoms with van der Waals surface area (Å²) < 4.78 is 0. The van der Waals surface area contributed by atoms with Crippen LogP contribution in [0.3, 0.4) is 0 Å². The van der Waals surface area contributed by atoms with E-state index in [-0.39, 0.29) is 13.2 Å². The van der Waals surface area contributed by atoms with Crippen LogP contribution in [0.5, 0.6) is 0 Å². The molecule has 2 amide bonds. The molecule has 0 aliphatic heterocycles. The minimum absolute atomic E-state index is 0.339. The van der Waals surface area contributed by atoms with Crippen molar-refractivity contribution in [3.63, 3.8) is 0 Å². The molecule has 4 N–H and O–H groups in total. The van der Waals surface area contributed by atoms with Crippen molar-refractivity contribution in [3.8, 4) is 0 Å². The number of benzene rings is 2. The second-order valence-corrected chi connectivity index (χ2v) is 7.94. The normalized spacial score (nSPS) is 17.7. The Kier molecular flexibility index (Phi) is 7.24. The van der Waals surface area contributed by atoms with Gasteiger partial charge in [-0.1, -0.05) is 79.9 Å². The maximum Gasteiger partial charge on any atom is 0.239 e. The lowest BCUT2D eigenvalue weighted by atomic mass is 9.71. The van der Waals surface area contributed by atoms with Gasteiger partial charge in [0.25, 0.3) is 0 Å². The molecule has 160 valence electrons. The van der Waals surface area contributed by atoms with Crippen LogP contribution in [-0.2, 0) is 9.59 Å². The van der Waals surface area contributed by atoms with Gasteiger partial charge in [-0.3, -0.25) is 9.59 Å². The van der Waals surface area contributed by atoms with Crippen LogP contribution in [0, 0.1) is 5.41 Å². The first-order valence-electron chi connectivity index (χ1n) is 10.5. The SMILES string of the molecule is NC(=O)C1(C(=O)N([C@@H](CO)c2ccccc2)[C@@H](CO)c2ccccc2)CCCCC1. The maximum absolute atomic E-state index is 14.0. The van der Waals surface area contributed by atoms with Crippen LogP contribution in [-0.4, -0.2) is 40.1 Å². The number of nitrogens with two attached hydrogens (primary N) is 1. The summed E-state index contributed by atoms with van der Waals surface area (Å²) in [4.78, 5) is 28.1. The Morgan fingerprint density at radius 3 is 1.63 bits per heavy atom. The molecule has 0 aromatic heterocycles. The van der Waals surface area contributed by atoms with E-state index >= 15 is 0 Å². The number of carbonyl (C=O) groups excluding carboxylic acids is 2. The third kappa shape index (κ3) is 4.25. The Labute approximate surface area is 177 Å². The smallest absolute Gasteiger partial charge is 0.239 e. The monoisotopic (exact) mass is 410 g/mol. The third-order valence-corrected chi connectivity index (χ3v) is 6.21. The molecule has 3 rings (SSSR count). The Balaban J connectivity index is 2.13. The molecule has 1 fully saturated rings. The van der Waals surface area contributed by atoms with Crippen molar-refractivity contribution in [3.05, 3.63) is 71.8 Å². The molecule has 0 spiro atoms. The number of amides is 2. The highest BCUT2D eigenvalue weighted by molar-refractivity contribution is 6.04. The molecule has 0 radical (unpaired) electrons. The van der Waals surface area contributed by atoms with Crippen molar-refractivity contribution in [2.75, 3.05) is 13.2 Å². The van der Waals surface area contributed by atoms with E-state index in [9.17, 15) is 19.8 Å². The van der Waals surface area contributed by atoms with Crippen LogP contribution in [0.4, 0.5) is 0 Å². The van der Waals surface area contributed by atoms with Crippen molar-refractivity contribution in [1.29, 1.82) is 0 Å². The van der Waals surface area contributed by atoms with E-state index in [2.05, 4.69) is 0 Å². The van der Waals surface area contributed by atoms with Crippen molar-refractivity contribution in [1.82, 2.24) is 4.90 Å². The summed E-state index contributed by atoms with van der Waals surface area (Å²) in [6.45, 7) is -0.679. The number of carbonyl (C=O) groups is 2. The highest BCUT2D eigenvalue weighted by Gasteiger charge is 2.50. The molecule has 1 aliphatic rings. The van der Waals surface area contributed by atoms with Gasteiger partial charge in [0.15, 0.2) is 0 Å². The van der Waals surface area contributed by atoms with Gasteiger partial charge in [-0.25, -0.2) is 0 Å². The summed E-state index contributed by atoms with van der Waals surface area (Å²) in [6.07, 6.45) is 3.21. The second-order valence-electron chi connectivity index (χ2n) is 7.94. The highest BCUT2D eigenvalue weighted by atomic mass is 16.3. The van der Waals surface area contributed by atoms with Crippen LogP contribution >= 0.6 is 0 Å². The lowest BCUT2D eigenvalue weighted by molar-refractivity contribution is -0.158. The molecule has 2 aromatic carbocycles. The highest BCUT2D eigenvalue weighted by Crippen LogP contribution is 2.42. The average Bonchev–Trinajstić information content (AvgIpc) is 2.80. The molecule has 6 heteroatoms. The molecule has 6 nitrogen and oxygen atoms in total. The summed E-state index contributed by atoms with van der Waals surface area (Å²) in [7, 11) is 0. The summed E-state index contributed by atoms with van der Waals surface area (Å²) in [6, 6.07) is 17.0. The number of hydrogen-bond donors (Lipinski definition) is 3. The van der Waals surface area contributed by atoms with Crippen LogP contribution in [0.2, 0.25) is 0 Å².